The average molecular weight is 405 g/mol. The number of halogens is 1. The minimum Gasteiger partial charge on any atom is -0.427 e. The first kappa shape index (κ1) is 18.7. The highest BCUT2D eigenvalue weighted by Gasteiger charge is 2.20. The van der Waals surface area contributed by atoms with Gasteiger partial charge in [-0.05, 0) is 35.9 Å². The van der Waals surface area contributed by atoms with Crippen molar-refractivity contribution < 1.29 is 19.1 Å². The summed E-state index contributed by atoms with van der Waals surface area (Å²) in [4.78, 5) is 34.9. The molecule has 0 fully saturated rings. The third-order valence-corrected chi connectivity index (χ3v) is 4.18. The number of esters is 1. The van der Waals surface area contributed by atoms with Crippen LogP contribution in [0, 0.1) is 0 Å². The Morgan fingerprint density at radius 2 is 1.76 bits per heavy atom. The summed E-state index contributed by atoms with van der Waals surface area (Å²) in [7, 11) is 0. The van der Waals surface area contributed by atoms with E-state index in [1.807, 2.05) is 24.3 Å². The Bertz CT molecular complexity index is 790. The summed E-state index contributed by atoms with van der Waals surface area (Å²) in [6.45, 7) is 1.29. The van der Waals surface area contributed by atoms with Crippen LogP contribution in [0.5, 0.6) is 5.75 Å². The van der Waals surface area contributed by atoms with E-state index in [1.54, 1.807) is 0 Å². The van der Waals surface area contributed by atoms with Crippen LogP contribution < -0.4 is 15.8 Å². The molecule has 0 saturated heterocycles. The van der Waals surface area contributed by atoms with E-state index in [0.717, 1.165) is 10.0 Å². The molecule has 6 nitrogen and oxygen atoms in total. The molecule has 0 bridgehead atoms. The molecule has 0 radical (unpaired) electrons. The Morgan fingerprint density at radius 3 is 2.32 bits per heavy atom. The van der Waals surface area contributed by atoms with E-state index in [-0.39, 0.29) is 6.42 Å². The molecule has 2 aromatic carbocycles. The highest BCUT2D eigenvalue weighted by molar-refractivity contribution is 9.10. The summed E-state index contributed by atoms with van der Waals surface area (Å²) >= 11 is 3.41. The average Bonchev–Trinajstić information content (AvgIpc) is 2.56. The smallest absolute Gasteiger partial charge is 0.308 e. The van der Waals surface area contributed by atoms with Gasteiger partial charge in [-0.25, -0.2) is 0 Å². The van der Waals surface area contributed by atoms with Crippen LogP contribution in [0.2, 0.25) is 0 Å². The van der Waals surface area contributed by atoms with Gasteiger partial charge in [0.1, 0.15) is 11.8 Å². The number of hydrogen-bond acceptors (Lipinski definition) is 4. The fourth-order valence-corrected chi connectivity index (χ4v) is 2.64. The summed E-state index contributed by atoms with van der Waals surface area (Å²) in [5.74, 6) is -1.17. The number of amides is 2. The lowest BCUT2D eigenvalue weighted by Crippen LogP contribution is -2.45. The normalized spacial score (nSPS) is 11.4. The van der Waals surface area contributed by atoms with Crippen LogP contribution in [0.15, 0.2) is 53.0 Å². The molecule has 3 N–H and O–H groups in total. The van der Waals surface area contributed by atoms with E-state index in [1.165, 1.54) is 31.2 Å². The maximum atomic E-state index is 12.3. The number of nitrogens with two attached hydrogens (primary N) is 1. The van der Waals surface area contributed by atoms with Crippen molar-refractivity contribution >= 4 is 33.7 Å². The van der Waals surface area contributed by atoms with E-state index in [9.17, 15) is 14.4 Å². The Morgan fingerprint density at radius 1 is 1.12 bits per heavy atom. The number of benzene rings is 2. The predicted molar refractivity (Wildman–Crippen MR) is 96.0 cm³/mol. The first-order chi connectivity index (χ1) is 11.9. The number of carbonyl (C=O) groups excluding carboxylic acids is 3. The van der Waals surface area contributed by atoms with Gasteiger partial charge in [0, 0.05) is 23.4 Å². The molecule has 0 aliphatic rings. The van der Waals surface area contributed by atoms with Crippen LogP contribution in [0.25, 0.3) is 0 Å². The lowest BCUT2D eigenvalue weighted by molar-refractivity contribution is -0.131. The molecule has 2 amide bonds. The van der Waals surface area contributed by atoms with E-state index in [2.05, 4.69) is 21.2 Å². The van der Waals surface area contributed by atoms with Gasteiger partial charge in [0.15, 0.2) is 0 Å². The molecule has 0 unspecified atom stereocenters. The number of primary amides is 1. The molecule has 0 aromatic heterocycles. The number of nitrogens with one attached hydrogen (secondary N) is 1. The van der Waals surface area contributed by atoms with Gasteiger partial charge in [-0.2, -0.15) is 0 Å². The van der Waals surface area contributed by atoms with Gasteiger partial charge in [0.25, 0.3) is 5.91 Å². The van der Waals surface area contributed by atoms with Gasteiger partial charge in [-0.15, -0.1) is 0 Å². The second-order valence-corrected chi connectivity index (χ2v) is 6.20. The number of ether oxygens (including phenoxy) is 1. The first-order valence-corrected chi connectivity index (χ1v) is 8.28. The van der Waals surface area contributed by atoms with Crippen LogP contribution in [0.3, 0.4) is 0 Å². The van der Waals surface area contributed by atoms with Crippen molar-refractivity contribution in [3.8, 4) is 5.75 Å². The lowest BCUT2D eigenvalue weighted by atomic mass is 10.0. The second kappa shape index (κ2) is 8.43. The maximum Gasteiger partial charge on any atom is 0.308 e. The van der Waals surface area contributed by atoms with Crippen LogP contribution in [0.4, 0.5) is 0 Å². The summed E-state index contributed by atoms with van der Waals surface area (Å²) < 4.78 is 5.74. The van der Waals surface area contributed by atoms with Crippen molar-refractivity contribution in [2.45, 2.75) is 19.4 Å². The van der Waals surface area contributed by atoms with Crippen molar-refractivity contribution in [2.75, 3.05) is 0 Å². The highest BCUT2D eigenvalue weighted by atomic mass is 79.9. The quantitative estimate of drug-likeness (QED) is 0.569. The molecule has 25 heavy (non-hydrogen) atoms. The van der Waals surface area contributed by atoms with Crippen LogP contribution in [-0.2, 0) is 16.0 Å². The molecule has 0 aliphatic heterocycles. The van der Waals surface area contributed by atoms with Crippen LogP contribution in [-0.4, -0.2) is 23.8 Å². The topological polar surface area (TPSA) is 98.5 Å². The molecule has 0 saturated carbocycles. The molecule has 0 spiro atoms. The fraction of sp³-hybridized carbons (Fsp3) is 0.167. The molecule has 2 aromatic rings. The Hall–Kier alpha value is -2.67. The van der Waals surface area contributed by atoms with Gasteiger partial charge in [-0.1, -0.05) is 34.1 Å². The number of hydrogen-bond donors (Lipinski definition) is 2. The highest BCUT2D eigenvalue weighted by Crippen LogP contribution is 2.18. The Labute approximate surface area is 153 Å². The SMILES string of the molecule is CC(=O)Oc1ccc(C(=O)N[C@@H](Cc2ccccc2Br)C(N)=O)cc1. The standard InChI is InChI=1S/C18H17BrN2O4/c1-11(22)25-14-8-6-12(7-9-14)18(24)21-16(17(20)23)10-13-4-2-3-5-15(13)19/h2-9,16H,10H2,1H3,(H2,20,23)(H,21,24)/t16-/m0/s1. The molecular weight excluding hydrogens is 388 g/mol. The molecular formula is C18H17BrN2O4. The summed E-state index contributed by atoms with van der Waals surface area (Å²) in [6, 6.07) is 12.6. The van der Waals surface area contributed by atoms with Gasteiger partial charge in [0.2, 0.25) is 5.91 Å². The maximum absolute atomic E-state index is 12.3. The molecule has 7 heteroatoms. The van der Waals surface area contributed by atoms with Gasteiger partial charge in [0.05, 0.1) is 0 Å². The zero-order chi connectivity index (χ0) is 18.4. The number of carbonyl (C=O) groups is 3. The van der Waals surface area contributed by atoms with Gasteiger partial charge in [-0.3, -0.25) is 14.4 Å². The lowest BCUT2D eigenvalue weighted by Gasteiger charge is -2.16. The minimum atomic E-state index is -0.848. The van der Waals surface area contributed by atoms with Gasteiger partial charge < -0.3 is 15.8 Å². The third-order valence-electron chi connectivity index (χ3n) is 3.41. The van der Waals surface area contributed by atoms with Crippen molar-refractivity contribution in [1.82, 2.24) is 5.32 Å². The summed E-state index contributed by atoms with van der Waals surface area (Å²) in [5.41, 5.74) is 6.60. The second-order valence-electron chi connectivity index (χ2n) is 5.34. The minimum absolute atomic E-state index is 0.272. The first-order valence-electron chi connectivity index (χ1n) is 7.49. The molecule has 1 atom stereocenters. The molecule has 2 rings (SSSR count). The van der Waals surface area contributed by atoms with Crippen molar-refractivity contribution in [3.05, 3.63) is 64.1 Å². The van der Waals surface area contributed by atoms with Crippen LogP contribution >= 0.6 is 15.9 Å². The van der Waals surface area contributed by atoms with Crippen LogP contribution in [0.1, 0.15) is 22.8 Å². The van der Waals surface area contributed by atoms with E-state index < -0.39 is 23.8 Å². The van der Waals surface area contributed by atoms with Gasteiger partial charge >= 0.3 is 5.97 Å². The molecule has 0 aliphatic carbocycles. The predicted octanol–water partition coefficient (Wildman–Crippen LogP) is 2.20. The zero-order valence-electron chi connectivity index (χ0n) is 13.5. The monoisotopic (exact) mass is 404 g/mol. The molecule has 130 valence electrons. The van der Waals surface area contributed by atoms with Crippen molar-refractivity contribution in [2.24, 2.45) is 5.73 Å². The summed E-state index contributed by atoms with van der Waals surface area (Å²) in [6.07, 6.45) is 0.272. The van der Waals surface area contributed by atoms with Crippen molar-refractivity contribution in [3.63, 3.8) is 0 Å². The number of rotatable bonds is 6. The Balaban J connectivity index is 2.08. The van der Waals surface area contributed by atoms with E-state index in [0.29, 0.717) is 11.3 Å². The van der Waals surface area contributed by atoms with E-state index >= 15 is 0 Å². The summed E-state index contributed by atoms with van der Waals surface area (Å²) in [5, 5.41) is 2.63. The zero-order valence-corrected chi connectivity index (χ0v) is 15.1. The molecule has 0 heterocycles. The van der Waals surface area contributed by atoms with Crippen molar-refractivity contribution in [1.29, 1.82) is 0 Å². The fourth-order valence-electron chi connectivity index (χ4n) is 2.19. The largest absolute Gasteiger partial charge is 0.427 e. The third kappa shape index (κ3) is 5.42. The van der Waals surface area contributed by atoms with E-state index in [4.69, 9.17) is 10.5 Å². The Kier molecular flexibility index (Phi) is 6.30.